The van der Waals surface area contributed by atoms with Crippen LogP contribution in [-0.4, -0.2) is 6.71 Å². The molecule has 2 aliphatic heterocycles. The Kier molecular flexibility index (Phi) is 6.45. The van der Waals surface area contributed by atoms with Crippen molar-refractivity contribution in [2.24, 2.45) is 0 Å². The van der Waals surface area contributed by atoms with Gasteiger partial charge in [-0.3, -0.25) is 0 Å². The van der Waals surface area contributed by atoms with Gasteiger partial charge < -0.3 is 0 Å². The van der Waals surface area contributed by atoms with Crippen molar-refractivity contribution in [2.75, 3.05) is 0 Å². The van der Waals surface area contributed by atoms with Crippen molar-refractivity contribution in [3.05, 3.63) is 23.3 Å². The third-order valence-corrected chi connectivity index (χ3v) is 5.59. The van der Waals surface area contributed by atoms with Crippen LogP contribution in [0.2, 0.25) is 18.0 Å². The Morgan fingerprint density at radius 1 is 0.900 bits per heavy atom. The third kappa shape index (κ3) is 4.83. The zero-order valence-electron chi connectivity index (χ0n) is 14.0. The summed E-state index contributed by atoms with van der Waals surface area (Å²) in [4.78, 5) is 0. The molecule has 0 N–H and O–H groups in total. The first-order valence-corrected chi connectivity index (χ1v) is 8.96. The average Bonchev–Trinajstić information content (AvgIpc) is 2.38. The molecule has 0 saturated carbocycles. The Morgan fingerprint density at radius 2 is 1.50 bits per heavy atom. The van der Waals surface area contributed by atoms with Crippen LogP contribution in [0, 0.1) is 0 Å². The van der Waals surface area contributed by atoms with Gasteiger partial charge in [-0.1, -0.05) is 79.8 Å². The summed E-state index contributed by atoms with van der Waals surface area (Å²) in [7, 11) is 0. The van der Waals surface area contributed by atoms with E-state index in [0.29, 0.717) is 0 Å². The zero-order valence-corrected chi connectivity index (χ0v) is 14.0. The van der Waals surface area contributed by atoms with Crippen molar-refractivity contribution in [2.45, 2.75) is 96.5 Å². The SMILES string of the molecule is CC(C)=CCC/C(C)=C/CCB1C2CCCC1CCC2. The van der Waals surface area contributed by atoms with E-state index in [2.05, 4.69) is 32.9 Å². The fourth-order valence-electron chi connectivity index (χ4n) is 4.50. The molecule has 0 aromatic rings. The van der Waals surface area contributed by atoms with Gasteiger partial charge in [0.15, 0.2) is 0 Å². The molecule has 1 heteroatoms. The average molecular weight is 272 g/mol. The van der Waals surface area contributed by atoms with E-state index < -0.39 is 0 Å². The summed E-state index contributed by atoms with van der Waals surface area (Å²) < 4.78 is 0. The lowest BCUT2D eigenvalue weighted by Crippen LogP contribution is -2.34. The summed E-state index contributed by atoms with van der Waals surface area (Å²) in [5.41, 5.74) is 3.05. The van der Waals surface area contributed by atoms with Gasteiger partial charge in [0.2, 0.25) is 0 Å². The minimum Gasteiger partial charge on any atom is -0.0863 e. The Labute approximate surface area is 127 Å². The Bertz CT molecular complexity index is 327. The van der Waals surface area contributed by atoms with Crippen LogP contribution in [0.4, 0.5) is 0 Å². The van der Waals surface area contributed by atoms with Gasteiger partial charge in [0, 0.05) is 0 Å². The van der Waals surface area contributed by atoms with Crippen LogP contribution in [0.1, 0.15) is 78.6 Å². The summed E-state index contributed by atoms with van der Waals surface area (Å²) in [6.07, 6.45) is 19.3. The van der Waals surface area contributed by atoms with E-state index in [1.807, 2.05) is 0 Å². The first-order valence-electron chi connectivity index (χ1n) is 8.96. The van der Waals surface area contributed by atoms with Gasteiger partial charge in [-0.25, -0.2) is 0 Å². The molecule has 2 heterocycles. The fraction of sp³-hybridized carbons (Fsp3) is 0.789. The lowest BCUT2D eigenvalue weighted by atomic mass is 9.26. The molecule has 2 bridgehead atoms. The molecule has 2 rings (SSSR count). The monoisotopic (exact) mass is 272 g/mol. The molecule has 112 valence electrons. The summed E-state index contributed by atoms with van der Waals surface area (Å²) >= 11 is 0. The van der Waals surface area contributed by atoms with E-state index in [1.165, 1.54) is 69.7 Å². The normalized spacial score (nSPS) is 26.6. The quantitative estimate of drug-likeness (QED) is 0.374. The molecule has 0 unspecified atom stereocenters. The number of hydrogen-bond donors (Lipinski definition) is 0. The molecular weight excluding hydrogens is 239 g/mol. The van der Waals surface area contributed by atoms with Gasteiger partial charge in [0.05, 0.1) is 0 Å². The highest BCUT2D eigenvalue weighted by molar-refractivity contribution is 6.62. The van der Waals surface area contributed by atoms with Crippen molar-refractivity contribution in [1.29, 1.82) is 0 Å². The molecule has 0 amide bonds. The highest BCUT2D eigenvalue weighted by Gasteiger charge is 2.37. The van der Waals surface area contributed by atoms with Gasteiger partial charge in [-0.15, -0.1) is 0 Å². The first-order chi connectivity index (χ1) is 9.66. The van der Waals surface area contributed by atoms with Gasteiger partial charge in [0.1, 0.15) is 6.71 Å². The topological polar surface area (TPSA) is 0 Å². The smallest absolute Gasteiger partial charge is 0.0863 e. The molecule has 2 aliphatic rings. The minimum atomic E-state index is 1.07. The highest BCUT2D eigenvalue weighted by atomic mass is 14.2. The Morgan fingerprint density at radius 3 is 2.05 bits per heavy atom. The molecule has 0 aliphatic carbocycles. The molecule has 0 atom stereocenters. The van der Waals surface area contributed by atoms with E-state index in [0.717, 1.165) is 18.3 Å². The van der Waals surface area contributed by atoms with Crippen molar-refractivity contribution in [1.82, 2.24) is 0 Å². The second-order valence-corrected chi connectivity index (χ2v) is 7.49. The minimum absolute atomic E-state index is 1.07. The van der Waals surface area contributed by atoms with E-state index in [1.54, 1.807) is 5.57 Å². The van der Waals surface area contributed by atoms with E-state index >= 15 is 0 Å². The van der Waals surface area contributed by atoms with Crippen LogP contribution < -0.4 is 0 Å². The van der Waals surface area contributed by atoms with E-state index in [4.69, 9.17) is 0 Å². The van der Waals surface area contributed by atoms with Gasteiger partial charge in [0.25, 0.3) is 0 Å². The molecule has 2 saturated heterocycles. The van der Waals surface area contributed by atoms with Crippen LogP contribution in [0.3, 0.4) is 0 Å². The van der Waals surface area contributed by atoms with Crippen molar-refractivity contribution < 1.29 is 0 Å². The summed E-state index contributed by atoms with van der Waals surface area (Å²) in [5, 5.41) is 0. The molecule has 0 spiro atoms. The van der Waals surface area contributed by atoms with E-state index in [-0.39, 0.29) is 0 Å². The molecule has 0 nitrogen and oxygen atoms in total. The Hall–Kier alpha value is -0.455. The second kappa shape index (κ2) is 8.10. The van der Waals surface area contributed by atoms with Crippen LogP contribution in [0.25, 0.3) is 0 Å². The zero-order chi connectivity index (χ0) is 14.4. The van der Waals surface area contributed by atoms with Crippen molar-refractivity contribution >= 4 is 6.71 Å². The highest BCUT2D eigenvalue weighted by Crippen LogP contribution is 2.48. The van der Waals surface area contributed by atoms with Gasteiger partial charge in [-0.2, -0.15) is 0 Å². The Balaban J connectivity index is 1.73. The molecule has 20 heavy (non-hydrogen) atoms. The maximum Gasteiger partial charge on any atom is 0.146 e. The predicted molar refractivity (Wildman–Crippen MR) is 92.8 cm³/mol. The third-order valence-electron chi connectivity index (χ3n) is 5.59. The lowest BCUT2D eigenvalue weighted by Gasteiger charge is -2.40. The largest absolute Gasteiger partial charge is 0.146 e. The fourth-order valence-corrected chi connectivity index (χ4v) is 4.50. The van der Waals surface area contributed by atoms with Crippen LogP contribution in [-0.2, 0) is 0 Å². The number of allylic oxidation sites excluding steroid dienone is 4. The number of fused-ring (bicyclic) bond motifs is 2. The lowest BCUT2D eigenvalue weighted by molar-refractivity contribution is 0.441. The van der Waals surface area contributed by atoms with Gasteiger partial charge >= 0.3 is 0 Å². The number of rotatable bonds is 6. The van der Waals surface area contributed by atoms with Crippen LogP contribution in [0.15, 0.2) is 23.3 Å². The summed E-state index contributed by atoms with van der Waals surface area (Å²) in [6, 6.07) is 0. The summed E-state index contributed by atoms with van der Waals surface area (Å²) in [5.74, 6) is 2.17. The van der Waals surface area contributed by atoms with Crippen molar-refractivity contribution in [3.63, 3.8) is 0 Å². The molecular formula is C19H33B. The summed E-state index contributed by atoms with van der Waals surface area (Å²) in [6.45, 7) is 7.78. The standard InChI is InChI=1S/C19H33B/c1-16(2)8-4-9-17(3)10-7-15-20-18-11-5-12-19(20)14-6-13-18/h8,10,18-19H,4-7,9,11-15H2,1-3H3/b17-10+. The first kappa shape index (κ1) is 15.9. The molecule has 0 aromatic heterocycles. The molecule has 0 radical (unpaired) electrons. The van der Waals surface area contributed by atoms with Crippen LogP contribution >= 0.6 is 0 Å². The molecule has 2 fully saturated rings. The second-order valence-electron chi connectivity index (χ2n) is 7.49. The molecule has 0 aromatic carbocycles. The van der Waals surface area contributed by atoms with E-state index in [9.17, 15) is 0 Å². The van der Waals surface area contributed by atoms with Gasteiger partial charge in [-0.05, 0) is 40.0 Å². The predicted octanol–water partition coefficient (Wildman–Crippen LogP) is 6.67. The maximum absolute atomic E-state index is 2.53. The number of hydrogen-bond acceptors (Lipinski definition) is 0. The van der Waals surface area contributed by atoms with Crippen molar-refractivity contribution in [3.8, 4) is 0 Å². The maximum atomic E-state index is 2.53. The van der Waals surface area contributed by atoms with Crippen LogP contribution in [0.5, 0.6) is 0 Å².